The van der Waals surface area contributed by atoms with Crippen LogP contribution in [0, 0.1) is 0 Å². The molecule has 2 saturated heterocycles. The molecule has 2 unspecified atom stereocenters. The lowest BCUT2D eigenvalue weighted by Gasteiger charge is -2.18. The fraction of sp³-hybridized carbons (Fsp3) is 0.864. The molecule has 0 aromatic carbocycles. The zero-order valence-corrected chi connectivity index (χ0v) is 52.1. The Balaban J connectivity index is -0.000000971. The lowest BCUT2D eigenvalue weighted by molar-refractivity contribution is -0.138. The highest BCUT2D eigenvalue weighted by Gasteiger charge is 2.39. The highest BCUT2D eigenvalue weighted by atomic mass is 16.6. The van der Waals surface area contributed by atoms with Crippen molar-refractivity contribution < 1.29 is 80.0 Å². The monoisotopic (exact) mass is 1170 g/mol. The van der Waals surface area contributed by atoms with Gasteiger partial charge >= 0.3 is 17.9 Å². The van der Waals surface area contributed by atoms with Crippen LogP contribution in [0.15, 0.2) is 36.5 Å². The molecule has 2 aliphatic rings. The summed E-state index contributed by atoms with van der Waals surface area (Å²) < 4.78 is 9.64. The van der Waals surface area contributed by atoms with Gasteiger partial charge in [0, 0.05) is 19.3 Å². The smallest absolute Gasteiger partial charge is 0.303 e. The van der Waals surface area contributed by atoms with E-state index in [1.807, 2.05) is 0 Å². The van der Waals surface area contributed by atoms with E-state index >= 15 is 0 Å². The van der Waals surface area contributed by atoms with Crippen LogP contribution in [0.2, 0.25) is 0 Å². The second-order valence-electron chi connectivity index (χ2n) is 22.4. The molecule has 16 heteroatoms. The van der Waals surface area contributed by atoms with Crippen molar-refractivity contribution in [1.82, 2.24) is 0 Å². The lowest BCUT2D eigenvalue weighted by Crippen LogP contribution is -2.40. The standard InChI is InChI=1S/3C18H34O2.2C6H12O5/c3*1-2-3-4-5-6-7-8-9-10-11-12-13-14-15-16-17-18(19)20;2*7-1-3(8)6-5(10)4(9)2-11-6/h3*9-10H,2-8,11-17H2,1H3,(H,19,20);2*3-10H,1-2H2/b3*10-9-;;/t;;;2*3-,4+,5-,6?/m...11/s1. The van der Waals surface area contributed by atoms with E-state index in [1.54, 1.807) is 0 Å². The molecule has 0 bridgehead atoms. The summed E-state index contributed by atoms with van der Waals surface area (Å²) in [5.41, 5.74) is 0. The van der Waals surface area contributed by atoms with Gasteiger partial charge in [-0.3, -0.25) is 14.4 Å². The fourth-order valence-electron chi connectivity index (χ4n) is 9.18. The molecule has 16 nitrogen and oxygen atoms in total. The Morgan fingerprint density at radius 3 is 0.720 bits per heavy atom. The van der Waals surface area contributed by atoms with Gasteiger partial charge in [-0.2, -0.15) is 0 Å². The van der Waals surface area contributed by atoms with E-state index in [0.29, 0.717) is 19.3 Å². The number of allylic oxidation sites excluding steroid dienone is 6. The number of ether oxygens (including phenoxy) is 2. The van der Waals surface area contributed by atoms with E-state index in [2.05, 4.69) is 57.2 Å². The molecule has 0 saturated carbocycles. The molecule has 0 aliphatic carbocycles. The molecule has 0 radical (unpaired) electrons. The summed E-state index contributed by atoms with van der Waals surface area (Å²) in [6, 6.07) is 0. The number of rotatable bonds is 49. The molecule has 0 aromatic heterocycles. The summed E-state index contributed by atoms with van der Waals surface area (Å²) in [6.07, 6.45) is 55.6. The van der Waals surface area contributed by atoms with Crippen molar-refractivity contribution in [3.8, 4) is 0 Å². The van der Waals surface area contributed by atoms with Crippen molar-refractivity contribution in [1.29, 1.82) is 0 Å². The SMILES string of the molecule is CCCCCCCC/C=C\CCCCCCCC(=O)O.CCCCCCCC/C=C\CCCCCCCC(=O)O.CCCCCCCC/C=C\CCCCCCCC(=O)O.OC[C@@H](O)C1OC[C@H](O)[C@H]1O.OC[C@@H](O)C1OC[C@H](O)[C@H]1O. The summed E-state index contributed by atoms with van der Waals surface area (Å²) in [7, 11) is 0. The fourth-order valence-corrected chi connectivity index (χ4v) is 9.18. The predicted molar refractivity (Wildman–Crippen MR) is 331 cm³/mol. The number of hydrogen-bond acceptors (Lipinski definition) is 13. The van der Waals surface area contributed by atoms with Crippen LogP contribution in [0.25, 0.3) is 0 Å². The average Bonchev–Trinajstić information content (AvgIpc) is 3.99. The second kappa shape index (κ2) is 65.8. The van der Waals surface area contributed by atoms with E-state index in [1.165, 1.54) is 212 Å². The van der Waals surface area contributed by atoms with E-state index < -0.39 is 80.0 Å². The molecule has 0 spiro atoms. The van der Waals surface area contributed by atoms with Gasteiger partial charge in [0.05, 0.1) is 26.4 Å². The molecule has 2 aliphatic heterocycles. The normalized spacial score (nSPS) is 19.2. The Morgan fingerprint density at radius 2 is 0.549 bits per heavy atom. The Kier molecular flexibility index (Phi) is 66.9. The minimum absolute atomic E-state index is 0.00287. The second-order valence-corrected chi connectivity index (χ2v) is 22.4. The van der Waals surface area contributed by atoms with Gasteiger partial charge in [0.2, 0.25) is 0 Å². The number of hydrogen-bond donors (Lipinski definition) is 11. The van der Waals surface area contributed by atoms with E-state index in [9.17, 15) is 14.4 Å². The molecule has 2 fully saturated rings. The number of aliphatic hydroxyl groups excluding tert-OH is 8. The van der Waals surface area contributed by atoms with Crippen molar-refractivity contribution in [2.24, 2.45) is 0 Å². The molecule has 11 N–H and O–H groups in total. The van der Waals surface area contributed by atoms with Gasteiger partial charge in [0.1, 0.15) is 48.8 Å². The van der Waals surface area contributed by atoms with Gasteiger partial charge in [-0.15, -0.1) is 0 Å². The van der Waals surface area contributed by atoms with Gasteiger partial charge in [-0.25, -0.2) is 0 Å². The van der Waals surface area contributed by atoms with Crippen LogP contribution in [0.1, 0.15) is 290 Å². The minimum Gasteiger partial charge on any atom is -0.481 e. The van der Waals surface area contributed by atoms with E-state index in [-0.39, 0.29) is 13.2 Å². The first-order valence-corrected chi connectivity index (χ1v) is 32.8. The Labute approximate surface area is 498 Å². The Hall–Kier alpha value is -2.77. The maximum Gasteiger partial charge on any atom is 0.303 e. The molecule has 0 amide bonds. The first kappa shape index (κ1) is 83.4. The Morgan fingerprint density at radius 1 is 0.354 bits per heavy atom. The zero-order valence-electron chi connectivity index (χ0n) is 52.1. The minimum atomic E-state index is -1.12. The van der Waals surface area contributed by atoms with Crippen LogP contribution in [0.3, 0.4) is 0 Å². The van der Waals surface area contributed by atoms with Crippen LogP contribution in [-0.4, -0.2) is 149 Å². The summed E-state index contributed by atoms with van der Waals surface area (Å²) in [6.45, 7) is 5.83. The van der Waals surface area contributed by atoms with E-state index in [0.717, 1.165) is 38.5 Å². The first-order chi connectivity index (χ1) is 39.6. The van der Waals surface area contributed by atoms with Gasteiger partial charge in [0.15, 0.2) is 0 Å². The molecule has 8 atom stereocenters. The van der Waals surface area contributed by atoms with Crippen molar-refractivity contribution in [2.45, 2.75) is 339 Å². The third-order valence-electron chi connectivity index (χ3n) is 14.5. The van der Waals surface area contributed by atoms with Crippen LogP contribution < -0.4 is 0 Å². The average molecular weight is 1180 g/mol. The maximum absolute atomic E-state index is 10.3. The summed E-state index contributed by atoms with van der Waals surface area (Å²) in [4.78, 5) is 31.0. The molecule has 486 valence electrons. The van der Waals surface area contributed by atoms with Gasteiger partial charge in [0.25, 0.3) is 0 Å². The van der Waals surface area contributed by atoms with Crippen LogP contribution >= 0.6 is 0 Å². The predicted octanol–water partition coefficient (Wildman–Crippen LogP) is 13.2. The number of aliphatic carboxylic acids is 3. The zero-order chi connectivity index (χ0) is 61.5. The number of carboxylic acid groups (broad SMARTS) is 3. The summed E-state index contributed by atoms with van der Waals surface area (Å²) in [5.74, 6) is -1.99. The summed E-state index contributed by atoms with van der Waals surface area (Å²) >= 11 is 0. The highest BCUT2D eigenvalue weighted by Crippen LogP contribution is 2.19. The number of carboxylic acids is 3. The van der Waals surface area contributed by atoms with Crippen LogP contribution in [-0.2, 0) is 23.9 Å². The number of aliphatic hydroxyl groups is 8. The number of unbranched alkanes of at least 4 members (excludes halogenated alkanes) is 33. The van der Waals surface area contributed by atoms with Crippen molar-refractivity contribution in [2.75, 3.05) is 26.4 Å². The van der Waals surface area contributed by atoms with Gasteiger partial charge in [-0.1, -0.05) is 211 Å². The number of carbonyl (C=O) groups is 3. The lowest BCUT2D eigenvalue weighted by atomic mass is 10.1. The third-order valence-corrected chi connectivity index (χ3v) is 14.5. The third kappa shape index (κ3) is 60.4. The largest absolute Gasteiger partial charge is 0.481 e. The molecular formula is C66H126O16. The van der Waals surface area contributed by atoms with Crippen molar-refractivity contribution in [3.05, 3.63) is 36.5 Å². The molecule has 82 heavy (non-hydrogen) atoms. The van der Waals surface area contributed by atoms with Crippen molar-refractivity contribution >= 4 is 17.9 Å². The summed E-state index contributed by atoms with van der Waals surface area (Å²) in [5, 5.41) is 96.6. The maximum atomic E-state index is 10.3. The molecular weight excluding hydrogens is 1050 g/mol. The van der Waals surface area contributed by atoms with Crippen LogP contribution in [0.5, 0.6) is 0 Å². The molecule has 2 heterocycles. The Bertz CT molecular complexity index is 1300. The molecule has 0 aromatic rings. The van der Waals surface area contributed by atoms with Gasteiger partial charge < -0.3 is 65.6 Å². The quantitative estimate of drug-likeness (QED) is 0.0199. The van der Waals surface area contributed by atoms with Gasteiger partial charge in [-0.05, 0) is 96.3 Å². The highest BCUT2D eigenvalue weighted by molar-refractivity contribution is 5.67. The topological polar surface area (TPSA) is 292 Å². The van der Waals surface area contributed by atoms with Crippen molar-refractivity contribution in [3.63, 3.8) is 0 Å². The molecule has 2 rings (SSSR count). The van der Waals surface area contributed by atoms with Crippen LogP contribution in [0.4, 0.5) is 0 Å². The first-order valence-electron chi connectivity index (χ1n) is 32.8. The van der Waals surface area contributed by atoms with E-state index in [4.69, 9.17) is 65.6 Å².